The average molecular weight is 487 g/mol. The molecule has 9 heteroatoms. The number of piperazine rings is 1. The molecule has 0 aromatic carbocycles. The first-order chi connectivity index (χ1) is 17.3. The maximum Gasteiger partial charge on any atom is 0.252 e. The van der Waals surface area contributed by atoms with Crippen LogP contribution in [0.4, 0.5) is 5.69 Å². The second-order valence-corrected chi connectivity index (χ2v) is 9.91. The fourth-order valence-corrected chi connectivity index (χ4v) is 5.66. The Hall–Kier alpha value is -3.64. The topological polar surface area (TPSA) is 87.4 Å². The van der Waals surface area contributed by atoms with Crippen molar-refractivity contribution in [3.05, 3.63) is 58.3 Å². The number of hydrogen-bond donors (Lipinski definition) is 0. The second kappa shape index (κ2) is 9.43. The predicted molar refractivity (Wildman–Crippen MR) is 141 cm³/mol. The van der Waals surface area contributed by atoms with Gasteiger partial charge in [-0.25, -0.2) is 4.52 Å². The largest absolute Gasteiger partial charge is 0.364 e. The minimum Gasteiger partial charge on any atom is -0.364 e. The molecule has 4 aromatic rings. The van der Waals surface area contributed by atoms with Crippen LogP contribution < -0.4 is 10.5 Å². The summed E-state index contributed by atoms with van der Waals surface area (Å²) < 4.78 is 5.17. The van der Waals surface area contributed by atoms with Crippen molar-refractivity contribution in [1.82, 2.24) is 28.9 Å². The van der Waals surface area contributed by atoms with E-state index < -0.39 is 0 Å². The zero-order valence-electron chi connectivity index (χ0n) is 21.7. The highest BCUT2D eigenvalue weighted by atomic mass is 16.1. The Morgan fingerprint density at radius 2 is 1.92 bits per heavy atom. The van der Waals surface area contributed by atoms with Crippen molar-refractivity contribution in [3.8, 4) is 6.07 Å². The van der Waals surface area contributed by atoms with Crippen LogP contribution in [0.3, 0.4) is 0 Å². The summed E-state index contributed by atoms with van der Waals surface area (Å²) in [5, 5.41) is 18.4. The number of aromatic nitrogens is 5. The monoisotopic (exact) mass is 486 g/mol. The third-order valence-corrected chi connectivity index (χ3v) is 7.75. The van der Waals surface area contributed by atoms with Gasteiger partial charge in [0.15, 0.2) is 0 Å². The molecule has 0 spiro atoms. The molecule has 1 aliphatic heterocycles. The average Bonchev–Trinajstić information content (AvgIpc) is 3.47. The summed E-state index contributed by atoms with van der Waals surface area (Å²) in [6, 6.07) is 11.2. The highest BCUT2D eigenvalue weighted by molar-refractivity contribution is 5.88. The molecule has 1 saturated heterocycles. The standard InChI is InChI=1S/C27H34N8O/c1-6-21-16-34(24-14-26(36)31(5)25-17-32(11-9-28)30-27(24)25)22(7-2)15-33(21)19(4)20-8-10-35-23(13-20)12-18(3)29-35/h8,10,12-14,17,19,21-22H,6-7,11,15-16H2,1-5H3/t19-,21+,22-/m0/s1. The molecule has 36 heavy (non-hydrogen) atoms. The Bertz CT molecular complexity index is 1510. The molecule has 0 aliphatic carbocycles. The van der Waals surface area contributed by atoms with Crippen LogP contribution in [-0.2, 0) is 13.6 Å². The van der Waals surface area contributed by atoms with Crippen LogP contribution in [0.1, 0.15) is 50.9 Å². The molecule has 4 aromatic heterocycles. The normalized spacial score (nSPS) is 19.7. The quantitative estimate of drug-likeness (QED) is 0.413. The molecule has 5 rings (SSSR count). The maximum atomic E-state index is 12.9. The minimum atomic E-state index is -0.0582. The third-order valence-electron chi connectivity index (χ3n) is 7.75. The first-order valence-corrected chi connectivity index (χ1v) is 12.8. The van der Waals surface area contributed by atoms with Crippen LogP contribution in [0.15, 0.2) is 41.5 Å². The van der Waals surface area contributed by atoms with Gasteiger partial charge in [0.1, 0.15) is 12.1 Å². The van der Waals surface area contributed by atoms with E-state index in [4.69, 9.17) is 10.4 Å². The van der Waals surface area contributed by atoms with Gasteiger partial charge in [-0.3, -0.25) is 14.4 Å². The summed E-state index contributed by atoms with van der Waals surface area (Å²) >= 11 is 0. The Labute approximate surface area is 211 Å². The van der Waals surface area contributed by atoms with Crippen LogP contribution in [0.2, 0.25) is 0 Å². The number of fused-ring (bicyclic) bond motifs is 2. The molecule has 0 bridgehead atoms. The zero-order valence-corrected chi connectivity index (χ0v) is 21.7. The molecule has 1 aliphatic rings. The molecule has 1 fully saturated rings. The molecule has 0 radical (unpaired) electrons. The van der Waals surface area contributed by atoms with Crippen molar-refractivity contribution >= 4 is 22.2 Å². The molecule has 0 amide bonds. The summed E-state index contributed by atoms with van der Waals surface area (Å²) in [6.07, 6.45) is 5.81. The molecule has 3 atom stereocenters. The van der Waals surface area contributed by atoms with Gasteiger partial charge < -0.3 is 9.47 Å². The van der Waals surface area contributed by atoms with E-state index in [0.29, 0.717) is 6.04 Å². The smallest absolute Gasteiger partial charge is 0.252 e. The van der Waals surface area contributed by atoms with Crippen molar-refractivity contribution in [2.24, 2.45) is 7.05 Å². The van der Waals surface area contributed by atoms with Gasteiger partial charge in [-0.2, -0.15) is 15.5 Å². The molecular formula is C27H34N8O. The van der Waals surface area contributed by atoms with E-state index in [-0.39, 0.29) is 24.2 Å². The zero-order chi connectivity index (χ0) is 25.6. The van der Waals surface area contributed by atoms with E-state index in [1.807, 2.05) is 11.4 Å². The van der Waals surface area contributed by atoms with Crippen molar-refractivity contribution in [3.63, 3.8) is 0 Å². The van der Waals surface area contributed by atoms with Crippen molar-refractivity contribution in [2.75, 3.05) is 18.0 Å². The number of pyridine rings is 2. The lowest BCUT2D eigenvalue weighted by atomic mass is 9.96. The summed E-state index contributed by atoms with van der Waals surface area (Å²) in [5.41, 5.74) is 5.78. The lowest BCUT2D eigenvalue weighted by Gasteiger charge is -2.49. The Morgan fingerprint density at radius 1 is 1.14 bits per heavy atom. The summed E-state index contributed by atoms with van der Waals surface area (Å²) in [5.74, 6) is 0. The van der Waals surface area contributed by atoms with Gasteiger partial charge in [0.2, 0.25) is 0 Å². The van der Waals surface area contributed by atoms with E-state index in [9.17, 15) is 4.79 Å². The SMILES string of the molecule is CC[C@H]1CN([C@@H](C)c2ccn3nc(C)cc3c2)[C@H](CC)CN1c1cc(=O)n(C)c2cn(CC#N)nc12. The summed E-state index contributed by atoms with van der Waals surface area (Å²) in [4.78, 5) is 17.9. The van der Waals surface area contributed by atoms with Gasteiger partial charge in [-0.05, 0) is 50.5 Å². The number of anilines is 1. The summed E-state index contributed by atoms with van der Waals surface area (Å²) in [7, 11) is 1.76. The van der Waals surface area contributed by atoms with Gasteiger partial charge in [-0.1, -0.05) is 13.8 Å². The van der Waals surface area contributed by atoms with Gasteiger partial charge in [-0.15, -0.1) is 0 Å². The molecule has 5 heterocycles. The van der Waals surface area contributed by atoms with E-state index in [1.54, 1.807) is 28.6 Å². The van der Waals surface area contributed by atoms with Crippen LogP contribution >= 0.6 is 0 Å². The van der Waals surface area contributed by atoms with Gasteiger partial charge in [0.05, 0.1) is 34.7 Å². The number of aryl methyl sites for hydroxylation is 2. The van der Waals surface area contributed by atoms with Crippen molar-refractivity contribution in [2.45, 2.75) is 65.2 Å². The third kappa shape index (κ3) is 4.05. The molecule has 9 nitrogen and oxygen atoms in total. The van der Waals surface area contributed by atoms with E-state index in [0.717, 1.165) is 53.9 Å². The fourth-order valence-electron chi connectivity index (χ4n) is 5.66. The first-order valence-electron chi connectivity index (χ1n) is 12.8. The molecular weight excluding hydrogens is 452 g/mol. The molecule has 0 unspecified atom stereocenters. The number of rotatable bonds is 6. The number of nitrogens with zero attached hydrogens (tertiary/aromatic N) is 8. The predicted octanol–water partition coefficient (Wildman–Crippen LogP) is 3.66. The lowest BCUT2D eigenvalue weighted by molar-refractivity contribution is 0.101. The fraction of sp³-hybridized carbons (Fsp3) is 0.481. The molecule has 188 valence electrons. The Morgan fingerprint density at radius 3 is 2.64 bits per heavy atom. The highest BCUT2D eigenvalue weighted by Gasteiger charge is 2.36. The van der Waals surface area contributed by atoms with Crippen LogP contribution in [0, 0.1) is 18.3 Å². The minimum absolute atomic E-state index is 0.0582. The van der Waals surface area contributed by atoms with Crippen LogP contribution in [0.5, 0.6) is 0 Å². The second-order valence-electron chi connectivity index (χ2n) is 9.91. The van der Waals surface area contributed by atoms with Crippen molar-refractivity contribution < 1.29 is 0 Å². The van der Waals surface area contributed by atoms with Crippen LogP contribution in [-0.4, -0.2) is 54.0 Å². The first kappa shape index (κ1) is 24.1. The molecule has 0 N–H and O–H groups in total. The van der Waals surface area contributed by atoms with E-state index in [2.05, 4.69) is 66.1 Å². The Kier molecular flexibility index (Phi) is 6.31. The van der Waals surface area contributed by atoms with E-state index >= 15 is 0 Å². The number of hydrogen-bond acceptors (Lipinski definition) is 6. The number of nitriles is 1. The molecule has 0 saturated carbocycles. The maximum absolute atomic E-state index is 12.9. The summed E-state index contributed by atoms with van der Waals surface area (Å²) in [6.45, 7) is 10.6. The highest BCUT2D eigenvalue weighted by Crippen LogP contribution is 2.34. The van der Waals surface area contributed by atoms with Gasteiger partial charge in [0, 0.05) is 50.5 Å². The Balaban J connectivity index is 1.50. The van der Waals surface area contributed by atoms with Gasteiger partial charge >= 0.3 is 0 Å². The van der Waals surface area contributed by atoms with Crippen molar-refractivity contribution in [1.29, 1.82) is 5.26 Å². The lowest BCUT2D eigenvalue weighted by Crippen LogP contribution is -2.58. The van der Waals surface area contributed by atoms with Crippen LogP contribution in [0.25, 0.3) is 16.6 Å². The van der Waals surface area contributed by atoms with E-state index in [1.165, 1.54) is 5.56 Å². The van der Waals surface area contributed by atoms with Gasteiger partial charge in [0.25, 0.3) is 5.56 Å².